The molecule has 18 heavy (non-hydrogen) atoms. The maximum Gasteiger partial charge on any atom is 0.146 e. The number of pyridine rings is 1. The van der Waals surface area contributed by atoms with E-state index in [-0.39, 0.29) is 0 Å². The highest BCUT2D eigenvalue weighted by Crippen LogP contribution is 2.23. The smallest absolute Gasteiger partial charge is 0.146 e. The van der Waals surface area contributed by atoms with Crippen molar-refractivity contribution in [1.82, 2.24) is 9.88 Å². The van der Waals surface area contributed by atoms with Crippen molar-refractivity contribution in [2.45, 2.75) is 25.8 Å². The summed E-state index contributed by atoms with van der Waals surface area (Å²) in [7, 11) is 4.23. The topological polar surface area (TPSA) is 43.2 Å². The third kappa shape index (κ3) is 2.62. The highest BCUT2D eigenvalue weighted by Gasteiger charge is 2.23. The van der Waals surface area contributed by atoms with Gasteiger partial charge in [-0.15, -0.1) is 0 Å². The van der Waals surface area contributed by atoms with Crippen LogP contribution < -0.4 is 4.90 Å². The number of anilines is 1. The molecule has 4 heteroatoms. The number of rotatable bonds is 2. The highest BCUT2D eigenvalue weighted by molar-refractivity contribution is 5.54. The molecule has 1 aromatic rings. The van der Waals surface area contributed by atoms with Gasteiger partial charge in [0.2, 0.25) is 0 Å². The lowest BCUT2D eigenvalue weighted by Gasteiger charge is -2.37. The largest absolute Gasteiger partial charge is 0.354 e. The monoisotopic (exact) mass is 244 g/mol. The standard InChI is InChI=1S/C14H20N4/c1-11-6-7-12(9-15)14(16-11)18-8-4-5-13(10-18)17(2)3/h6-7,13H,4-5,8,10H2,1-3H3. The first-order chi connectivity index (χ1) is 8.61. The van der Waals surface area contributed by atoms with E-state index >= 15 is 0 Å². The van der Waals surface area contributed by atoms with Gasteiger partial charge >= 0.3 is 0 Å². The molecular weight excluding hydrogens is 224 g/mol. The van der Waals surface area contributed by atoms with Crippen LogP contribution in [0.4, 0.5) is 5.82 Å². The number of aromatic nitrogens is 1. The SMILES string of the molecule is Cc1ccc(C#N)c(N2CCCC(N(C)C)C2)n1. The molecule has 1 atom stereocenters. The molecule has 2 rings (SSSR count). The van der Waals surface area contributed by atoms with Crippen molar-refractivity contribution in [3.8, 4) is 6.07 Å². The first-order valence-corrected chi connectivity index (χ1v) is 6.41. The van der Waals surface area contributed by atoms with Gasteiger partial charge in [0.05, 0.1) is 5.56 Å². The van der Waals surface area contributed by atoms with Crippen LogP contribution in [0.3, 0.4) is 0 Å². The summed E-state index contributed by atoms with van der Waals surface area (Å²) in [5.41, 5.74) is 1.65. The second-order valence-corrected chi connectivity index (χ2v) is 5.14. The van der Waals surface area contributed by atoms with E-state index in [2.05, 4.69) is 34.9 Å². The Kier molecular flexibility index (Phi) is 3.83. The molecule has 1 aromatic heterocycles. The van der Waals surface area contributed by atoms with Crippen molar-refractivity contribution in [1.29, 1.82) is 5.26 Å². The zero-order chi connectivity index (χ0) is 13.1. The lowest BCUT2D eigenvalue weighted by molar-refractivity contribution is 0.257. The number of hydrogen-bond donors (Lipinski definition) is 0. The van der Waals surface area contributed by atoms with Crippen molar-refractivity contribution < 1.29 is 0 Å². The number of aryl methyl sites for hydroxylation is 1. The van der Waals surface area contributed by atoms with Gasteiger partial charge in [-0.25, -0.2) is 4.98 Å². The van der Waals surface area contributed by atoms with Crippen molar-refractivity contribution in [2.24, 2.45) is 0 Å². The molecule has 1 unspecified atom stereocenters. The number of nitriles is 1. The van der Waals surface area contributed by atoms with Crippen LogP contribution in [0.1, 0.15) is 24.1 Å². The van der Waals surface area contributed by atoms with Crippen LogP contribution in [-0.4, -0.2) is 43.1 Å². The van der Waals surface area contributed by atoms with E-state index in [4.69, 9.17) is 0 Å². The summed E-state index contributed by atoms with van der Waals surface area (Å²) >= 11 is 0. The van der Waals surface area contributed by atoms with Gasteiger partial charge in [-0.1, -0.05) is 0 Å². The van der Waals surface area contributed by atoms with Crippen molar-refractivity contribution in [2.75, 3.05) is 32.1 Å². The molecule has 0 spiro atoms. The Morgan fingerprint density at radius 1 is 1.44 bits per heavy atom. The number of hydrogen-bond acceptors (Lipinski definition) is 4. The molecule has 0 saturated carbocycles. The van der Waals surface area contributed by atoms with Gasteiger partial charge in [-0.2, -0.15) is 5.26 Å². The van der Waals surface area contributed by atoms with Crippen LogP contribution in [-0.2, 0) is 0 Å². The zero-order valence-corrected chi connectivity index (χ0v) is 11.3. The molecule has 1 fully saturated rings. The first kappa shape index (κ1) is 12.8. The van der Waals surface area contributed by atoms with Gasteiger partial charge < -0.3 is 9.80 Å². The van der Waals surface area contributed by atoms with Gasteiger partial charge in [0.1, 0.15) is 11.9 Å². The lowest BCUT2D eigenvalue weighted by atomic mass is 10.0. The van der Waals surface area contributed by atoms with Crippen molar-refractivity contribution >= 4 is 5.82 Å². The molecule has 96 valence electrons. The fourth-order valence-corrected chi connectivity index (χ4v) is 2.44. The molecule has 1 saturated heterocycles. The van der Waals surface area contributed by atoms with Crippen LogP contribution >= 0.6 is 0 Å². The predicted octanol–water partition coefficient (Wildman–Crippen LogP) is 1.79. The predicted molar refractivity (Wildman–Crippen MR) is 72.6 cm³/mol. The van der Waals surface area contributed by atoms with E-state index in [9.17, 15) is 5.26 Å². The van der Waals surface area contributed by atoms with E-state index in [0.717, 1.165) is 31.0 Å². The average Bonchev–Trinajstić information content (AvgIpc) is 2.39. The van der Waals surface area contributed by atoms with Gasteiger partial charge in [0.15, 0.2) is 0 Å². The summed E-state index contributed by atoms with van der Waals surface area (Å²) in [4.78, 5) is 9.05. The van der Waals surface area contributed by atoms with Crippen molar-refractivity contribution in [3.63, 3.8) is 0 Å². The van der Waals surface area contributed by atoms with E-state index in [1.807, 2.05) is 19.1 Å². The lowest BCUT2D eigenvalue weighted by Crippen LogP contribution is -2.45. The minimum atomic E-state index is 0.549. The molecule has 0 bridgehead atoms. The molecular formula is C14H20N4. The van der Waals surface area contributed by atoms with Crippen LogP contribution in [0.5, 0.6) is 0 Å². The van der Waals surface area contributed by atoms with E-state index in [0.29, 0.717) is 11.6 Å². The third-order valence-corrected chi connectivity index (χ3v) is 3.56. The minimum Gasteiger partial charge on any atom is -0.354 e. The van der Waals surface area contributed by atoms with E-state index < -0.39 is 0 Å². The number of piperidine rings is 1. The van der Waals surface area contributed by atoms with Gasteiger partial charge in [-0.3, -0.25) is 0 Å². The summed E-state index contributed by atoms with van der Waals surface area (Å²) in [6.45, 7) is 3.92. The summed E-state index contributed by atoms with van der Waals surface area (Å²) < 4.78 is 0. The molecule has 1 aliphatic rings. The summed E-state index contributed by atoms with van der Waals surface area (Å²) in [6, 6.07) is 6.57. The fourth-order valence-electron chi connectivity index (χ4n) is 2.44. The number of nitrogens with zero attached hydrogens (tertiary/aromatic N) is 4. The minimum absolute atomic E-state index is 0.549. The van der Waals surface area contributed by atoms with Crippen LogP contribution in [0.25, 0.3) is 0 Å². The normalized spacial score (nSPS) is 19.9. The highest BCUT2D eigenvalue weighted by atomic mass is 15.2. The van der Waals surface area contributed by atoms with Gasteiger partial charge in [0.25, 0.3) is 0 Å². The number of likely N-dealkylation sites (N-methyl/N-ethyl adjacent to an activating group) is 1. The Hall–Kier alpha value is -1.60. The Morgan fingerprint density at radius 3 is 2.89 bits per heavy atom. The van der Waals surface area contributed by atoms with E-state index in [1.165, 1.54) is 6.42 Å². The van der Waals surface area contributed by atoms with Crippen molar-refractivity contribution in [3.05, 3.63) is 23.4 Å². The van der Waals surface area contributed by atoms with Crippen LogP contribution in [0.15, 0.2) is 12.1 Å². The molecule has 1 aliphatic heterocycles. The van der Waals surface area contributed by atoms with E-state index in [1.54, 1.807) is 0 Å². The summed E-state index contributed by atoms with van der Waals surface area (Å²) in [5.74, 6) is 0.851. The Morgan fingerprint density at radius 2 is 2.22 bits per heavy atom. The van der Waals surface area contributed by atoms with Crippen LogP contribution in [0.2, 0.25) is 0 Å². The first-order valence-electron chi connectivity index (χ1n) is 6.41. The summed E-state index contributed by atoms with van der Waals surface area (Å²) in [5, 5.41) is 9.19. The second kappa shape index (κ2) is 5.36. The molecule has 0 radical (unpaired) electrons. The zero-order valence-electron chi connectivity index (χ0n) is 11.3. The molecule has 2 heterocycles. The van der Waals surface area contributed by atoms with Gasteiger partial charge in [0, 0.05) is 24.8 Å². The molecule has 0 aliphatic carbocycles. The molecule has 0 amide bonds. The Labute approximate surface area is 109 Å². The Bertz CT molecular complexity index is 461. The maximum atomic E-state index is 9.19. The molecule has 4 nitrogen and oxygen atoms in total. The van der Waals surface area contributed by atoms with Gasteiger partial charge in [-0.05, 0) is 46.0 Å². The van der Waals surface area contributed by atoms with Crippen LogP contribution in [0, 0.1) is 18.3 Å². The maximum absolute atomic E-state index is 9.19. The average molecular weight is 244 g/mol. The fraction of sp³-hybridized carbons (Fsp3) is 0.571. The molecule has 0 aromatic carbocycles. The summed E-state index contributed by atoms with van der Waals surface area (Å²) in [6.07, 6.45) is 2.38. The second-order valence-electron chi connectivity index (χ2n) is 5.14. The Balaban J connectivity index is 2.25. The molecule has 0 N–H and O–H groups in total. The third-order valence-electron chi connectivity index (χ3n) is 3.56. The quantitative estimate of drug-likeness (QED) is 0.795.